The molecule has 1 N–H and O–H groups in total. The van der Waals surface area contributed by atoms with Crippen molar-refractivity contribution in [2.75, 3.05) is 9.80 Å². The van der Waals surface area contributed by atoms with E-state index in [0.29, 0.717) is 0 Å². The number of nitrogens with one attached hydrogen (secondary N) is 1. The average molecular weight is 555 g/mol. The second-order valence-corrected chi connectivity index (χ2v) is 11.2. The molecule has 0 amide bonds. The number of amidine groups is 1. The van der Waals surface area contributed by atoms with Gasteiger partial charge in [0.2, 0.25) is 6.71 Å². The number of benzene rings is 5. The third kappa shape index (κ3) is 4.45. The van der Waals surface area contributed by atoms with Crippen molar-refractivity contribution in [1.29, 1.82) is 0 Å². The van der Waals surface area contributed by atoms with Gasteiger partial charge in [-0.15, -0.1) is 0 Å². The number of hydrazone groups is 1. The van der Waals surface area contributed by atoms with Gasteiger partial charge in [-0.2, -0.15) is 5.10 Å². The van der Waals surface area contributed by atoms with E-state index in [4.69, 9.17) is 5.10 Å². The summed E-state index contributed by atoms with van der Waals surface area (Å²) in [6.07, 6.45) is 6.64. The van der Waals surface area contributed by atoms with Crippen LogP contribution in [0, 0.1) is 0 Å². The van der Waals surface area contributed by atoms with Crippen molar-refractivity contribution in [2.45, 2.75) is 19.0 Å². The lowest BCUT2D eigenvalue weighted by Gasteiger charge is -2.38. The van der Waals surface area contributed by atoms with Gasteiger partial charge in [0.1, 0.15) is 6.17 Å². The van der Waals surface area contributed by atoms with E-state index in [-0.39, 0.29) is 12.9 Å². The summed E-state index contributed by atoms with van der Waals surface area (Å²) >= 11 is 0. The minimum Gasteiger partial charge on any atom is -0.312 e. The van der Waals surface area contributed by atoms with Crippen LogP contribution in [-0.4, -0.2) is 18.7 Å². The fraction of sp³-hybridized carbons (Fsp3) is 0.0789. The Bertz CT molecular complexity index is 1820. The summed E-state index contributed by atoms with van der Waals surface area (Å²) in [6, 6.07) is 49.5. The molecule has 1 aliphatic carbocycles. The normalized spacial score (nSPS) is 17.3. The molecule has 206 valence electrons. The highest BCUT2D eigenvalue weighted by Crippen LogP contribution is 2.38. The third-order valence-corrected chi connectivity index (χ3v) is 8.77. The monoisotopic (exact) mass is 554 g/mol. The highest BCUT2D eigenvalue weighted by Gasteiger charge is 2.38. The molecule has 1 atom stereocenters. The number of nitrogens with zero attached hydrogens (tertiary/aromatic N) is 3. The van der Waals surface area contributed by atoms with Crippen LogP contribution >= 0.6 is 0 Å². The van der Waals surface area contributed by atoms with E-state index in [9.17, 15) is 0 Å². The zero-order valence-corrected chi connectivity index (χ0v) is 23.8. The average Bonchev–Trinajstić information content (AvgIpc) is 3.54. The lowest BCUT2D eigenvalue weighted by molar-refractivity contribution is 0.627. The van der Waals surface area contributed by atoms with Crippen molar-refractivity contribution >= 4 is 46.2 Å². The molecule has 0 saturated heterocycles. The lowest BCUT2D eigenvalue weighted by atomic mass is 9.33. The van der Waals surface area contributed by atoms with Crippen molar-refractivity contribution in [2.24, 2.45) is 5.10 Å². The molecule has 0 spiro atoms. The SMILES string of the molecule is C1=C(B2c3ccccc3N(c3ccccc3)c3ccccc32)CCC(C2NN=C(c3ccccc3)N2c2ccccc2)=C1. The van der Waals surface area contributed by atoms with Gasteiger partial charge >= 0.3 is 0 Å². The van der Waals surface area contributed by atoms with Gasteiger partial charge in [0, 0.05) is 28.3 Å². The number of rotatable bonds is 5. The quantitative estimate of drug-likeness (QED) is 0.236. The maximum Gasteiger partial charge on any atom is 0.242 e. The topological polar surface area (TPSA) is 30.9 Å². The highest BCUT2D eigenvalue weighted by molar-refractivity contribution is 6.93. The molecule has 0 saturated carbocycles. The van der Waals surface area contributed by atoms with Gasteiger partial charge < -0.3 is 4.90 Å². The summed E-state index contributed by atoms with van der Waals surface area (Å²) in [6.45, 7) is 0.211. The molecule has 43 heavy (non-hydrogen) atoms. The second-order valence-electron chi connectivity index (χ2n) is 11.2. The number of allylic oxidation sites excluding steroid dienone is 3. The molecular weight excluding hydrogens is 523 g/mol. The van der Waals surface area contributed by atoms with Crippen molar-refractivity contribution in [3.8, 4) is 0 Å². The van der Waals surface area contributed by atoms with E-state index < -0.39 is 0 Å². The Morgan fingerprint density at radius 3 is 1.74 bits per heavy atom. The predicted molar refractivity (Wildman–Crippen MR) is 180 cm³/mol. The summed E-state index contributed by atoms with van der Waals surface area (Å²) in [7, 11) is 0. The zero-order valence-electron chi connectivity index (χ0n) is 23.8. The van der Waals surface area contributed by atoms with E-state index in [0.717, 1.165) is 29.9 Å². The molecule has 0 bridgehead atoms. The van der Waals surface area contributed by atoms with Gasteiger partial charge in [0.05, 0.1) is 0 Å². The molecule has 4 nitrogen and oxygen atoms in total. The highest BCUT2D eigenvalue weighted by atomic mass is 15.5. The summed E-state index contributed by atoms with van der Waals surface area (Å²) in [5.41, 5.74) is 14.9. The van der Waals surface area contributed by atoms with E-state index in [1.165, 1.54) is 39.0 Å². The summed E-state index contributed by atoms with van der Waals surface area (Å²) < 4.78 is 0. The number of hydrogen-bond acceptors (Lipinski definition) is 4. The van der Waals surface area contributed by atoms with Crippen LogP contribution in [0.3, 0.4) is 0 Å². The second kappa shape index (κ2) is 10.8. The number of anilines is 4. The van der Waals surface area contributed by atoms with Crippen LogP contribution in [0.4, 0.5) is 22.7 Å². The first-order chi connectivity index (χ1) is 21.4. The zero-order chi connectivity index (χ0) is 28.6. The summed E-state index contributed by atoms with van der Waals surface area (Å²) in [5, 5.41) is 4.85. The minimum atomic E-state index is -0.0325. The molecule has 5 heteroatoms. The molecule has 0 fully saturated rings. The number of hydrogen-bond donors (Lipinski definition) is 1. The van der Waals surface area contributed by atoms with Gasteiger partial charge in [-0.05, 0) is 65.7 Å². The Morgan fingerprint density at radius 1 is 0.581 bits per heavy atom. The largest absolute Gasteiger partial charge is 0.312 e. The van der Waals surface area contributed by atoms with E-state index in [2.05, 4.69) is 161 Å². The molecule has 3 aliphatic rings. The van der Waals surface area contributed by atoms with E-state index >= 15 is 0 Å². The van der Waals surface area contributed by atoms with Gasteiger partial charge in [0.25, 0.3) is 0 Å². The van der Waals surface area contributed by atoms with Crippen LogP contribution < -0.4 is 26.2 Å². The first-order valence-electron chi connectivity index (χ1n) is 15.0. The lowest BCUT2D eigenvalue weighted by Crippen LogP contribution is -2.51. The Kier molecular flexibility index (Phi) is 6.41. The van der Waals surface area contributed by atoms with E-state index in [1.807, 2.05) is 6.07 Å². The Morgan fingerprint density at radius 2 is 1.14 bits per heavy atom. The van der Waals surface area contributed by atoms with Crippen LogP contribution in [-0.2, 0) is 0 Å². The maximum atomic E-state index is 4.85. The fourth-order valence-electron chi connectivity index (χ4n) is 6.82. The molecule has 5 aromatic rings. The summed E-state index contributed by atoms with van der Waals surface area (Å²) in [4.78, 5) is 4.75. The van der Waals surface area contributed by atoms with Gasteiger partial charge in [-0.25, -0.2) is 0 Å². The van der Waals surface area contributed by atoms with E-state index in [1.54, 1.807) is 0 Å². The molecule has 0 radical (unpaired) electrons. The van der Waals surface area contributed by atoms with Crippen molar-refractivity contribution in [1.82, 2.24) is 5.43 Å². The maximum absolute atomic E-state index is 4.85. The van der Waals surface area contributed by atoms with Crippen LogP contribution in [0.15, 0.2) is 168 Å². The Labute approximate surface area is 253 Å². The first-order valence-corrected chi connectivity index (χ1v) is 15.0. The van der Waals surface area contributed by atoms with Crippen LogP contribution in [0.5, 0.6) is 0 Å². The van der Waals surface area contributed by atoms with Crippen LogP contribution in [0.2, 0.25) is 0 Å². The first kappa shape index (κ1) is 25.4. The van der Waals surface area contributed by atoms with Crippen molar-refractivity contribution < 1.29 is 0 Å². The van der Waals surface area contributed by atoms with Gasteiger partial charge in [-0.1, -0.05) is 121 Å². The number of para-hydroxylation sites is 4. The van der Waals surface area contributed by atoms with Crippen LogP contribution in [0.25, 0.3) is 0 Å². The standard InChI is InChI=1S/C38H31BN4/c1-4-14-28(15-5-1)37-40-41-38(43(37)32-18-8-3-9-19-32)29-24-26-30(27-25-29)39-33-20-10-12-22-35(33)42(31-16-6-2-7-17-31)36-23-13-11-21-34(36)39/h1-24,26,38,41H,25,27H2. The molecule has 5 aromatic carbocycles. The van der Waals surface area contributed by atoms with Gasteiger partial charge in [0.15, 0.2) is 5.84 Å². The molecule has 1 unspecified atom stereocenters. The van der Waals surface area contributed by atoms with Crippen molar-refractivity contribution in [3.63, 3.8) is 0 Å². The smallest absolute Gasteiger partial charge is 0.242 e. The minimum absolute atomic E-state index is 0.0325. The molecule has 0 aromatic heterocycles. The number of fused-ring (bicyclic) bond motifs is 2. The van der Waals surface area contributed by atoms with Crippen molar-refractivity contribution in [3.05, 3.63) is 168 Å². The third-order valence-electron chi connectivity index (χ3n) is 8.77. The molecule has 8 rings (SSSR count). The fourth-order valence-corrected chi connectivity index (χ4v) is 6.82. The molecule has 2 heterocycles. The Hall–Kier alpha value is -5.29. The van der Waals surface area contributed by atoms with Gasteiger partial charge in [-0.3, -0.25) is 10.3 Å². The predicted octanol–water partition coefficient (Wildman–Crippen LogP) is 7.06. The van der Waals surface area contributed by atoms with Crippen LogP contribution in [0.1, 0.15) is 18.4 Å². The summed E-state index contributed by atoms with van der Waals surface area (Å²) in [5.74, 6) is 0.948. The Balaban J connectivity index is 1.17. The molecule has 2 aliphatic heterocycles. The molecular formula is C38H31BN4.